The first-order valence-electron chi connectivity index (χ1n) is 15.1. The van der Waals surface area contributed by atoms with Crippen molar-refractivity contribution in [2.24, 2.45) is 0 Å². The highest BCUT2D eigenvalue weighted by molar-refractivity contribution is 7.53. The molecule has 0 fully saturated rings. The Morgan fingerprint density at radius 1 is 0.848 bits per heavy atom. The van der Waals surface area contributed by atoms with Crippen molar-refractivity contribution in [3.05, 3.63) is 113 Å². The minimum atomic E-state index is -3.43. The Hall–Kier alpha value is -3.79. The van der Waals surface area contributed by atoms with Gasteiger partial charge >= 0.3 is 7.60 Å². The third-order valence-electron chi connectivity index (χ3n) is 7.13. The van der Waals surface area contributed by atoms with Crippen LogP contribution in [0.25, 0.3) is 11.2 Å². The Morgan fingerprint density at radius 3 is 1.96 bits per heavy atom. The SMILES string of the molecule is COc1ccc(C(Nc2nc(Cl)c3ncn(CCOCP(=O)(OC(C)C)OC(C)C)c3n2)(c2ccccc2)c2ccccc2)cc1. The molecule has 0 atom stereocenters. The summed E-state index contributed by atoms with van der Waals surface area (Å²) in [7, 11) is -1.79. The molecule has 46 heavy (non-hydrogen) atoms. The van der Waals surface area contributed by atoms with Gasteiger partial charge in [0.1, 0.15) is 23.2 Å². The van der Waals surface area contributed by atoms with E-state index in [0.717, 1.165) is 22.4 Å². The average Bonchev–Trinajstić information content (AvgIpc) is 3.45. The van der Waals surface area contributed by atoms with Gasteiger partial charge in [-0.15, -0.1) is 0 Å². The molecule has 3 aromatic carbocycles. The summed E-state index contributed by atoms with van der Waals surface area (Å²) in [5.74, 6) is 1.05. The van der Waals surface area contributed by atoms with Crippen molar-refractivity contribution in [2.45, 2.75) is 52.0 Å². The predicted octanol–water partition coefficient (Wildman–Crippen LogP) is 7.91. The number of hydrogen-bond donors (Lipinski definition) is 1. The minimum absolute atomic E-state index is 0.170. The molecule has 1 N–H and O–H groups in total. The highest BCUT2D eigenvalue weighted by Gasteiger charge is 2.37. The summed E-state index contributed by atoms with van der Waals surface area (Å²) >= 11 is 6.72. The molecule has 10 nitrogen and oxygen atoms in total. The number of methoxy groups -OCH3 is 1. The molecular weight excluding hydrogens is 625 g/mol. The molecule has 0 saturated heterocycles. The molecule has 2 aromatic heterocycles. The van der Waals surface area contributed by atoms with Crippen molar-refractivity contribution >= 4 is 36.3 Å². The van der Waals surface area contributed by atoms with Crippen LogP contribution in [0.2, 0.25) is 5.15 Å². The Labute approximate surface area is 274 Å². The van der Waals surface area contributed by atoms with Gasteiger partial charge in [0.05, 0.1) is 32.3 Å². The minimum Gasteiger partial charge on any atom is -0.497 e. The van der Waals surface area contributed by atoms with Gasteiger partial charge in [0.15, 0.2) is 10.8 Å². The fourth-order valence-electron chi connectivity index (χ4n) is 5.30. The Balaban J connectivity index is 1.49. The molecule has 0 saturated carbocycles. The predicted molar refractivity (Wildman–Crippen MR) is 181 cm³/mol. The number of fused-ring (bicyclic) bond motifs is 1. The number of aromatic nitrogens is 4. The lowest BCUT2D eigenvalue weighted by Gasteiger charge is -2.37. The van der Waals surface area contributed by atoms with Crippen LogP contribution in [0, 0.1) is 0 Å². The molecule has 0 aliphatic rings. The number of ether oxygens (including phenoxy) is 2. The average molecular weight is 664 g/mol. The van der Waals surface area contributed by atoms with Gasteiger partial charge in [-0.3, -0.25) is 4.57 Å². The van der Waals surface area contributed by atoms with E-state index in [1.54, 1.807) is 13.4 Å². The third kappa shape index (κ3) is 7.60. The number of halogens is 1. The molecule has 5 rings (SSSR count). The van der Waals surface area contributed by atoms with Crippen molar-refractivity contribution in [1.29, 1.82) is 0 Å². The van der Waals surface area contributed by atoms with Gasteiger partial charge in [-0.05, 0) is 56.5 Å². The van der Waals surface area contributed by atoms with E-state index in [4.69, 9.17) is 35.1 Å². The van der Waals surface area contributed by atoms with E-state index in [1.807, 2.05) is 92.9 Å². The van der Waals surface area contributed by atoms with E-state index >= 15 is 0 Å². The van der Waals surface area contributed by atoms with Gasteiger partial charge in [0.2, 0.25) is 5.95 Å². The third-order valence-corrected chi connectivity index (χ3v) is 9.37. The monoisotopic (exact) mass is 663 g/mol. The number of benzene rings is 3. The maximum Gasteiger partial charge on any atom is 0.356 e. The molecule has 0 radical (unpaired) electrons. The van der Waals surface area contributed by atoms with E-state index in [-0.39, 0.29) is 30.3 Å². The summed E-state index contributed by atoms with van der Waals surface area (Å²) in [5, 5.41) is 3.87. The molecule has 242 valence electrons. The standard InChI is InChI=1S/C34H39ClN5O5P/c1-24(2)44-46(41,45-25(3)4)23-43-21-20-40-22-36-30-31(35)37-33(38-32(30)40)39-34(26-12-8-6-9-13-26,27-14-10-7-11-15-27)28-16-18-29(42-5)19-17-28/h6-19,22,24-25H,20-21,23H2,1-5H3,(H,37,38,39). The highest BCUT2D eigenvalue weighted by Crippen LogP contribution is 2.50. The zero-order valence-electron chi connectivity index (χ0n) is 26.6. The first-order chi connectivity index (χ1) is 22.1. The second kappa shape index (κ2) is 14.8. The Bertz CT molecular complexity index is 1710. The summed E-state index contributed by atoms with van der Waals surface area (Å²) in [6.45, 7) is 7.81. The van der Waals surface area contributed by atoms with Crippen molar-refractivity contribution < 1.29 is 23.1 Å². The van der Waals surface area contributed by atoms with Gasteiger partial charge in [-0.2, -0.15) is 9.97 Å². The Morgan fingerprint density at radius 2 is 1.41 bits per heavy atom. The maximum atomic E-state index is 13.2. The molecule has 0 amide bonds. The number of hydrogen-bond acceptors (Lipinski definition) is 9. The van der Waals surface area contributed by atoms with Crippen LogP contribution in [-0.4, -0.2) is 51.8 Å². The van der Waals surface area contributed by atoms with Crippen LogP contribution in [0.4, 0.5) is 5.95 Å². The summed E-state index contributed by atoms with van der Waals surface area (Å²) in [6, 6.07) is 28.2. The van der Waals surface area contributed by atoms with Crippen molar-refractivity contribution in [3.8, 4) is 5.75 Å². The topological polar surface area (TPSA) is 110 Å². The molecule has 5 aromatic rings. The van der Waals surface area contributed by atoms with E-state index in [9.17, 15) is 4.57 Å². The zero-order valence-corrected chi connectivity index (χ0v) is 28.2. The highest BCUT2D eigenvalue weighted by atomic mass is 35.5. The van der Waals surface area contributed by atoms with Gasteiger partial charge in [-0.25, -0.2) is 4.98 Å². The lowest BCUT2D eigenvalue weighted by molar-refractivity contribution is 0.0961. The quantitative estimate of drug-likeness (QED) is 0.0517. The smallest absolute Gasteiger partial charge is 0.356 e. The van der Waals surface area contributed by atoms with Gasteiger partial charge in [0, 0.05) is 6.54 Å². The normalized spacial score (nSPS) is 12.3. The van der Waals surface area contributed by atoms with Crippen molar-refractivity contribution in [2.75, 3.05) is 25.4 Å². The molecule has 2 heterocycles. The number of anilines is 1. The summed E-state index contributed by atoms with van der Waals surface area (Å²) in [5.41, 5.74) is 2.99. The molecule has 0 bridgehead atoms. The summed E-state index contributed by atoms with van der Waals surface area (Å²) < 4.78 is 37.4. The zero-order chi connectivity index (χ0) is 32.7. The van der Waals surface area contributed by atoms with Crippen molar-refractivity contribution in [3.63, 3.8) is 0 Å². The summed E-state index contributed by atoms with van der Waals surface area (Å²) in [4.78, 5) is 14.0. The largest absolute Gasteiger partial charge is 0.497 e. The second-order valence-corrected chi connectivity index (χ2v) is 13.5. The van der Waals surface area contributed by atoms with E-state index in [1.165, 1.54) is 0 Å². The molecule has 0 aliphatic heterocycles. The molecule has 0 unspecified atom stereocenters. The van der Waals surface area contributed by atoms with E-state index in [2.05, 4.69) is 39.6 Å². The van der Waals surface area contributed by atoms with E-state index < -0.39 is 13.1 Å². The van der Waals surface area contributed by atoms with Gasteiger partial charge in [0.25, 0.3) is 0 Å². The van der Waals surface area contributed by atoms with Crippen LogP contribution in [0.1, 0.15) is 44.4 Å². The van der Waals surface area contributed by atoms with Crippen molar-refractivity contribution in [1.82, 2.24) is 19.5 Å². The number of imidazole rings is 1. The van der Waals surface area contributed by atoms with Crippen LogP contribution in [-0.2, 0) is 30.4 Å². The first-order valence-corrected chi connectivity index (χ1v) is 17.2. The number of nitrogens with zero attached hydrogens (tertiary/aromatic N) is 4. The lowest BCUT2D eigenvalue weighted by Crippen LogP contribution is -2.38. The Kier molecular flexibility index (Phi) is 10.8. The fraction of sp³-hybridized carbons (Fsp3) is 0.324. The van der Waals surface area contributed by atoms with Crippen LogP contribution >= 0.6 is 19.2 Å². The van der Waals surface area contributed by atoms with Crippen LogP contribution in [0.3, 0.4) is 0 Å². The fourth-order valence-corrected chi connectivity index (χ4v) is 7.32. The number of nitrogens with one attached hydrogen (secondary N) is 1. The first kappa shape index (κ1) is 33.6. The van der Waals surface area contributed by atoms with Crippen LogP contribution in [0.5, 0.6) is 5.75 Å². The molecule has 0 aliphatic carbocycles. The van der Waals surface area contributed by atoms with E-state index in [0.29, 0.717) is 23.7 Å². The number of rotatable bonds is 15. The summed E-state index contributed by atoms with van der Waals surface area (Å²) in [6.07, 6.45) is 0.926. The maximum absolute atomic E-state index is 13.2. The molecule has 0 spiro atoms. The second-order valence-electron chi connectivity index (χ2n) is 11.2. The molecular formula is C34H39ClN5O5P. The van der Waals surface area contributed by atoms with Crippen LogP contribution in [0.15, 0.2) is 91.3 Å². The lowest BCUT2D eigenvalue weighted by atomic mass is 9.77. The molecule has 12 heteroatoms. The van der Waals surface area contributed by atoms with Gasteiger partial charge in [-0.1, -0.05) is 84.4 Å². The van der Waals surface area contributed by atoms with Gasteiger partial charge < -0.3 is 28.4 Å². The van der Waals surface area contributed by atoms with Crippen LogP contribution < -0.4 is 10.1 Å².